The lowest BCUT2D eigenvalue weighted by molar-refractivity contribution is 0.0601. The van der Waals surface area contributed by atoms with E-state index in [0.29, 0.717) is 35.7 Å². The highest BCUT2D eigenvalue weighted by Gasteiger charge is 2.21. The summed E-state index contributed by atoms with van der Waals surface area (Å²) in [6, 6.07) is 10.4. The van der Waals surface area contributed by atoms with Gasteiger partial charge in [0, 0.05) is 37.9 Å². The number of amides is 1. The van der Waals surface area contributed by atoms with Gasteiger partial charge >= 0.3 is 5.97 Å². The van der Waals surface area contributed by atoms with Crippen LogP contribution in [0.3, 0.4) is 0 Å². The number of aromatic nitrogens is 1. The molecule has 3 rings (SSSR count). The predicted molar refractivity (Wildman–Crippen MR) is 98.7 cm³/mol. The van der Waals surface area contributed by atoms with Crippen LogP contribution < -0.4 is 5.32 Å². The van der Waals surface area contributed by atoms with Crippen molar-refractivity contribution >= 4 is 23.4 Å². The first kappa shape index (κ1) is 17.9. The number of nitrogens with zero attached hydrogens (tertiary/aromatic N) is 3. The molecule has 0 spiro atoms. The number of hydrogen-bond acceptors (Lipinski definition) is 6. The van der Waals surface area contributed by atoms with E-state index in [9.17, 15) is 9.59 Å². The smallest absolute Gasteiger partial charge is 0.339 e. The van der Waals surface area contributed by atoms with Crippen molar-refractivity contribution in [3.8, 4) is 0 Å². The van der Waals surface area contributed by atoms with Gasteiger partial charge in [0.1, 0.15) is 5.82 Å². The average molecular weight is 354 g/mol. The predicted octanol–water partition coefficient (Wildman–Crippen LogP) is 2.00. The van der Waals surface area contributed by atoms with Crippen molar-refractivity contribution in [2.24, 2.45) is 0 Å². The number of likely N-dealkylation sites (N-methyl/N-ethyl adjacent to an activating group) is 1. The van der Waals surface area contributed by atoms with Gasteiger partial charge in [0.15, 0.2) is 0 Å². The normalized spacial score (nSPS) is 14.8. The third-order valence-electron chi connectivity index (χ3n) is 4.39. The van der Waals surface area contributed by atoms with E-state index < -0.39 is 5.97 Å². The number of pyridine rings is 1. The quantitative estimate of drug-likeness (QED) is 0.847. The maximum Gasteiger partial charge on any atom is 0.339 e. The Morgan fingerprint density at radius 2 is 1.85 bits per heavy atom. The summed E-state index contributed by atoms with van der Waals surface area (Å²) in [5, 5.41) is 3.10. The number of para-hydroxylation sites is 1. The Bertz CT molecular complexity index is 801. The lowest BCUT2D eigenvalue weighted by Crippen LogP contribution is -2.47. The Morgan fingerprint density at radius 1 is 1.12 bits per heavy atom. The van der Waals surface area contributed by atoms with Crippen LogP contribution in [0.1, 0.15) is 20.7 Å². The maximum atomic E-state index is 12.7. The Balaban J connectivity index is 1.78. The van der Waals surface area contributed by atoms with Gasteiger partial charge in [-0.25, -0.2) is 9.78 Å². The van der Waals surface area contributed by atoms with Gasteiger partial charge in [-0.1, -0.05) is 12.1 Å². The van der Waals surface area contributed by atoms with Crippen molar-refractivity contribution < 1.29 is 14.3 Å². The topological polar surface area (TPSA) is 74.8 Å². The van der Waals surface area contributed by atoms with Crippen LogP contribution in [0.15, 0.2) is 42.6 Å². The Kier molecular flexibility index (Phi) is 5.48. The number of carbonyl (C=O) groups is 2. The van der Waals surface area contributed by atoms with E-state index in [1.165, 1.54) is 7.11 Å². The third-order valence-corrected chi connectivity index (χ3v) is 4.39. The molecule has 26 heavy (non-hydrogen) atoms. The molecule has 0 saturated carbocycles. The maximum absolute atomic E-state index is 12.7. The minimum absolute atomic E-state index is 0.00944. The lowest BCUT2D eigenvalue weighted by Gasteiger charge is -2.32. The van der Waals surface area contributed by atoms with Crippen LogP contribution in [0.2, 0.25) is 0 Å². The molecular formula is C19H22N4O3. The Morgan fingerprint density at radius 3 is 2.58 bits per heavy atom. The second-order valence-corrected chi connectivity index (χ2v) is 6.19. The molecule has 0 aliphatic carbocycles. The Hall–Kier alpha value is -2.93. The van der Waals surface area contributed by atoms with Crippen LogP contribution in [0.4, 0.5) is 11.5 Å². The number of hydrogen-bond donors (Lipinski definition) is 1. The van der Waals surface area contributed by atoms with Crippen molar-refractivity contribution in [2.75, 3.05) is 45.7 Å². The molecule has 0 radical (unpaired) electrons. The molecule has 0 bridgehead atoms. The van der Waals surface area contributed by atoms with Crippen molar-refractivity contribution in [3.05, 3.63) is 53.7 Å². The highest BCUT2D eigenvalue weighted by Crippen LogP contribution is 2.21. The molecule has 0 atom stereocenters. The molecule has 1 fully saturated rings. The molecule has 1 aromatic heterocycles. The van der Waals surface area contributed by atoms with Gasteiger partial charge in [-0.15, -0.1) is 0 Å². The zero-order valence-corrected chi connectivity index (χ0v) is 14.9. The summed E-state index contributed by atoms with van der Waals surface area (Å²) in [6.07, 6.45) is 1.59. The highest BCUT2D eigenvalue weighted by molar-refractivity contribution is 5.97. The van der Waals surface area contributed by atoms with E-state index in [2.05, 4.69) is 22.2 Å². The second kappa shape index (κ2) is 7.97. The summed E-state index contributed by atoms with van der Waals surface area (Å²) in [4.78, 5) is 32.9. The van der Waals surface area contributed by atoms with Crippen molar-refractivity contribution in [2.45, 2.75) is 0 Å². The molecule has 2 aromatic rings. The summed E-state index contributed by atoms with van der Waals surface area (Å²) >= 11 is 0. The molecule has 7 nitrogen and oxygen atoms in total. The summed E-state index contributed by atoms with van der Waals surface area (Å²) in [6.45, 7) is 3.17. The van der Waals surface area contributed by atoms with Gasteiger partial charge in [-0.05, 0) is 31.3 Å². The number of piperazine rings is 1. The summed E-state index contributed by atoms with van der Waals surface area (Å²) in [7, 11) is 3.39. The first-order chi connectivity index (χ1) is 12.6. The van der Waals surface area contributed by atoms with Gasteiger partial charge < -0.3 is 19.9 Å². The standard InChI is InChI=1S/C19H22N4O3/c1-22-9-11-23(12-10-22)18(24)14-7-8-20-17(13-14)21-16-6-4-3-5-15(16)19(25)26-2/h3-8,13H,9-12H2,1-2H3,(H,20,21). The first-order valence-electron chi connectivity index (χ1n) is 8.46. The van der Waals surface area contributed by atoms with Crippen LogP contribution >= 0.6 is 0 Å². The SMILES string of the molecule is COC(=O)c1ccccc1Nc1cc(C(=O)N2CCN(C)CC2)ccn1. The van der Waals surface area contributed by atoms with Gasteiger partial charge in [0.2, 0.25) is 0 Å². The number of esters is 1. The van der Waals surface area contributed by atoms with E-state index in [-0.39, 0.29) is 5.91 Å². The number of carbonyl (C=O) groups excluding carboxylic acids is 2. The number of rotatable bonds is 4. The van der Waals surface area contributed by atoms with Gasteiger partial charge in [-0.2, -0.15) is 0 Å². The molecular weight excluding hydrogens is 332 g/mol. The fraction of sp³-hybridized carbons (Fsp3) is 0.316. The second-order valence-electron chi connectivity index (χ2n) is 6.19. The molecule has 2 heterocycles. The van der Waals surface area contributed by atoms with Crippen LogP contribution in [0, 0.1) is 0 Å². The molecule has 1 N–H and O–H groups in total. The largest absolute Gasteiger partial charge is 0.465 e. The molecule has 1 aliphatic heterocycles. The molecule has 0 unspecified atom stereocenters. The van der Waals surface area contributed by atoms with E-state index in [1.54, 1.807) is 36.5 Å². The first-order valence-corrected chi connectivity index (χ1v) is 8.46. The third kappa shape index (κ3) is 4.00. The van der Waals surface area contributed by atoms with E-state index in [1.807, 2.05) is 11.0 Å². The molecule has 7 heteroatoms. The molecule has 1 aliphatic rings. The lowest BCUT2D eigenvalue weighted by atomic mass is 10.1. The number of nitrogens with one attached hydrogen (secondary N) is 1. The summed E-state index contributed by atoms with van der Waals surface area (Å²) in [5.74, 6) is 0.0592. The van der Waals surface area contributed by atoms with Gasteiger partial charge in [0.25, 0.3) is 5.91 Å². The van der Waals surface area contributed by atoms with Crippen molar-refractivity contribution in [1.29, 1.82) is 0 Å². The van der Waals surface area contributed by atoms with E-state index in [0.717, 1.165) is 13.1 Å². The number of anilines is 2. The molecule has 136 valence electrons. The molecule has 1 amide bonds. The van der Waals surface area contributed by atoms with Crippen LogP contribution in [0.5, 0.6) is 0 Å². The zero-order chi connectivity index (χ0) is 18.5. The van der Waals surface area contributed by atoms with Crippen LogP contribution in [-0.2, 0) is 4.74 Å². The average Bonchev–Trinajstić information content (AvgIpc) is 2.68. The van der Waals surface area contributed by atoms with Gasteiger partial charge in [0.05, 0.1) is 18.4 Å². The fourth-order valence-electron chi connectivity index (χ4n) is 2.84. The number of ether oxygens (including phenoxy) is 1. The highest BCUT2D eigenvalue weighted by atomic mass is 16.5. The number of methoxy groups -OCH3 is 1. The molecule has 1 aromatic carbocycles. The van der Waals surface area contributed by atoms with Gasteiger partial charge in [-0.3, -0.25) is 4.79 Å². The van der Waals surface area contributed by atoms with E-state index >= 15 is 0 Å². The minimum Gasteiger partial charge on any atom is -0.465 e. The fourth-order valence-corrected chi connectivity index (χ4v) is 2.84. The number of benzene rings is 1. The summed E-state index contributed by atoms with van der Waals surface area (Å²) < 4.78 is 4.80. The van der Waals surface area contributed by atoms with Crippen molar-refractivity contribution in [1.82, 2.24) is 14.8 Å². The van der Waals surface area contributed by atoms with Crippen molar-refractivity contribution in [3.63, 3.8) is 0 Å². The summed E-state index contributed by atoms with van der Waals surface area (Å²) in [5.41, 5.74) is 1.56. The zero-order valence-electron chi connectivity index (χ0n) is 14.9. The van der Waals surface area contributed by atoms with Crippen LogP contribution in [-0.4, -0.2) is 67.0 Å². The van der Waals surface area contributed by atoms with Crippen LogP contribution in [0.25, 0.3) is 0 Å². The Labute approximate surface area is 152 Å². The minimum atomic E-state index is -0.433. The molecule has 1 saturated heterocycles. The van der Waals surface area contributed by atoms with E-state index in [4.69, 9.17) is 4.74 Å². The monoisotopic (exact) mass is 354 g/mol.